The Morgan fingerprint density at radius 2 is 2.25 bits per heavy atom. The Labute approximate surface area is 141 Å². The van der Waals surface area contributed by atoms with E-state index in [1.807, 2.05) is 11.8 Å². The van der Waals surface area contributed by atoms with Crippen LogP contribution in [-0.2, 0) is 19.1 Å². The van der Waals surface area contributed by atoms with Crippen LogP contribution in [0.1, 0.15) is 13.3 Å². The third-order valence-electron chi connectivity index (χ3n) is 5.18. The summed E-state index contributed by atoms with van der Waals surface area (Å²) in [4.78, 5) is 26.2. The first kappa shape index (κ1) is 17.6. The van der Waals surface area contributed by atoms with Gasteiger partial charge in [0.1, 0.15) is 0 Å². The molecule has 0 unspecified atom stereocenters. The van der Waals surface area contributed by atoms with E-state index in [1.165, 1.54) is 0 Å². The number of likely N-dealkylation sites (tertiary alicyclic amines) is 1. The van der Waals surface area contributed by atoms with Crippen LogP contribution in [0.3, 0.4) is 0 Å². The number of aliphatic hydroxyl groups is 1. The number of nitrogens with one attached hydrogen (secondary N) is 2. The molecule has 0 aromatic carbocycles. The van der Waals surface area contributed by atoms with Gasteiger partial charge in [-0.3, -0.25) is 14.5 Å². The van der Waals surface area contributed by atoms with E-state index in [-0.39, 0.29) is 29.8 Å². The molecule has 1 saturated carbocycles. The zero-order valence-electron chi connectivity index (χ0n) is 14.1. The molecule has 2 heterocycles. The first-order chi connectivity index (χ1) is 11.5. The summed E-state index contributed by atoms with van der Waals surface area (Å²) in [5, 5.41) is 15.9. The van der Waals surface area contributed by atoms with Gasteiger partial charge in [0, 0.05) is 32.2 Å². The summed E-state index contributed by atoms with van der Waals surface area (Å²) in [5.41, 5.74) is -0.357. The number of ether oxygens (including phenoxy) is 2. The highest BCUT2D eigenvalue weighted by Crippen LogP contribution is 2.57. The third kappa shape index (κ3) is 3.72. The molecule has 136 valence electrons. The molecule has 0 bridgehead atoms. The van der Waals surface area contributed by atoms with Gasteiger partial charge in [-0.05, 0) is 13.3 Å². The predicted molar refractivity (Wildman–Crippen MR) is 85.2 cm³/mol. The van der Waals surface area contributed by atoms with Crippen molar-refractivity contribution in [3.05, 3.63) is 0 Å². The van der Waals surface area contributed by atoms with Crippen LogP contribution in [0.25, 0.3) is 0 Å². The minimum atomic E-state index is -0.652. The van der Waals surface area contributed by atoms with Gasteiger partial charge in [-0.2, -0.15) is 0 Å². The molecule has 8 nitrogen and oxygen atoms in total. The van der Waals surface area contributed by atoms with E-state index < -0.39 is 6.10 Å². The average molecular weight is 341 g/mol. The van der Waals surface area contributed by atoms with Gasteiger partial charge >= 0.3 is 0 Å². The Balaban J connectivity index is 1.40. The summed E-state index contributed by atoms with van der Waals surface area (Å²) in [5.74, 6) is 0.222. The van der Waals surface area contributed by atoms with Gasteiger partial charge in [0.15, 0.2) is 0 Å². The maximum absolute atomic E-state index is 12.4. The largest absolute Gasteiger partial charge is 0.390 e. The summed E-state index contributed by atoms with van der Waals surface area (Å²) < 4.78 is 10.5. The molecule has 0 aromatic heterocycles. The molecule has 3 fully saturated rings. The van der Waals surface area contributed by atoms with Crippen molar-refractivity contribution in [3.63, 3.8) is 0 Å². The van der Waals surface area contributed by atoms with Crippen LogP contribution in [0.5, 0.6) is 0 Å². The normalized spacial score (nSPS) is 34.8. The number of amides is 2. The van der Waals surface area contributed by atoms with Crippen molar-refractivity contribution >= 4 is 11.8 Å². The molecule has 3 N–H and O–H groups in total. The summed E-state index contributed by atoms with van der Waals surface area (Å²) >= 11 is 0. The van der Waals surface area contributed by atoms with Crippen molar-refractivity contribution in [2.75, 3.05) is 52.6 Å². The van der Waals surface area contributed by atoms with Crippen LogP contribution in [0, 0.1) is 11.3 Å². The fraction of sp³-hybridized carbons (Fsp3) is 0.875. The lowest BCUT2D eigenvalue weighted by Gasteiger charge is -2.19. The molecule has 2 saturated heterocycles. The minimum Gasteiger partial charge on any atom is -0.390 e. The summed E-state index contributed by atoms with van der Waals surface area (Å²) in [6.07, 6.45) is 0.231. The second kappa shape index (κ2) is 7.35. The second-order valence-corrected chi connectivity index (χ2v) is 6.96. The molecule has 8 heteroatoms. The molecule has 0 spiro atoms. The fourth-order valence-electron chi connectivity index (χ4n) is 3.62. The van der Waals surface area contributed by atoms with Crippen molar-refractivity contribution in [2.24, 2.45) is 11.3 Å². The molecule has 3 rings (SSSR count). The van der Waals surface area contributed by atoms with Crippen LogP contribution in [0.15, 0.2) is 0 Å². The summed E-state index contributed by atoms with van der Waals surface area (Å²) in [6.45, 7) is 5.73. The van der Waals surface area contributed by atoms with E-state index in [0.29, 0.717) is 52.0 Å². The first-order valence-corrected chi connectivity index (χ1v) is 8.68. The van der Waals surface area contributed by atoms with E-state index in [9.17, 15) is 14.7 Å². The number of β-amino-alcohol motifs (C(OH)–C–C–N with tert-alkyl or cyclic N) is 1. The Morgan fingerprint density at radius 3 is 2.92 bits per heavy atom. The van der Waals surface area contributed by atoms with Crippen molar-refractivity contribution in [1.82, 2.24) is 15.5 Å². The van der Waals surface area contributed by atoms with E-state index >= 15 is 0 Å². The molecule has 0 aromatic rings. The van der Waals surface area contributed by atoms with Gasteiger partial charge in [0.2, 0.25) is 11.8 Å². The Bertz CT molecular complexity index is 488. The van der Waals surface area contributed by atoms with Crippen molar-refractivity contribution < 1.29 is 24.2 Å². The Hall–Kier alpha value is -1.22. The summed E-state index contributed by atoms with van der Waals surface area (Å²) in [6, 6.07) is -0.329. The molecule has 3 aliphatic rings. The van der Waals surface area contributed by atoms with Gasteiger partial charge < -0.3 is 25.2 Å². The van der Waals surface area contributed by atoms with Gasteiger partial charge in [0.05, 0.1) is 43.9 Å². The topological polar surface area (TPSA) is 100 Å². The lowest BCUT2D eigenvalue weighted by Crippen LogP contribution is -2.47. The molecule has 24 heavy (non-hydrogen) atoms. The van der Waals surface area contributed by atoms with Gasteiger partial charge in [-0.15, -0.1) is 0 Å². The number of carbonyl (C=O) groups is 2. The third-order valence-corrected chi connectivity index (χ3v) is 5.18. The highest BCUT2D eigenvalue weighted by atomic mass is 16.5. The zero-order chi connectivity index (χ0) is 17.2. The number of hydrogen-bond acceptors (Lipinski definition) is 6. The van der Waals surface area contributed by atoms with Crippen LogP contribution in [0.2, 0.25) is 0 Å². The van der Waals surface area contributed by atoms with Crippen LogP contribution in [-0.4, -0.2) is 86.6 Å². The average Bonchev–Trinajstić information content (AvgIpc) is 2.93. The van der Waals surface area contributed by atoms with E-state index in [0.717, 1.165) is 6.42 Å². The molecular weight excluding hydrogens is 314 g/mol. The van der Waals surface area contributed by atoms with Crippen molar-refractivity contribution in [3.8, 4) is 0 Å². The lowest BCUT2D eigenvalue weighted by molar-refractivity contribution is -0.128. The highest BCUT2D eigenvalue weighted by molar-refractivity contribution is 5.87. The van der Waals surface area contributed by atoms with Crippen LogP contribution >= 0.6 is 0 Å². The zero-order valence-corrected chi connectivity index (χ0v) is 14.1. The maximum Gasteiger partial charge on any atom is 0.234 e. The van der Waals surface area contributed by atoms with E-state index in [1.54, 1.807) is 0 Å². The van der Waals surface area contributed by atoms with E-state index in [2.05, 4.69) is 10.6 Å². The van der Waals surface area contributed by atoms with Gasteiger partial charge in [-0.25, -0.2) is 0 Å². The van der Waals surface area contributed by atoms with Crippen molar-refractivity contribution in [2.45, 2.75) is 25.5 Å². The minimum absolute atomic E-state index is 0.0166. The summed E-state index contributed by atoms with van der Waals surface area (Å²) in [7, 11) is 0. The molecule has 2 aliphatic heterocycles. The smallest absolute Gasteiger partial charge is 0.234 e. The number of aliphatic hydroxyl groups excluding tert-OH is 1. The number of hydrogen-bond donors (Lipinski definition) is 3. The number of nitrogens with zero attached hydrogens (tertiary/aromatic N) is 1. The quantitative estimate of drug-likeness (QED) is 0.457. The van der Waals surface area contributed by atoms with Crippen molar-refractivity contribution in [1.29, 1.82) is 0 Å². The fourth-order valence-corrected chi connectivity index (χ4v) is 3.62. The monoisotopic (exact) mass is 341 g/mol. The molecule has 4 atom stereocenters. The molecule has 0 radical (unpaired) electrons. The van der Waals surface area contributed by atoms with Gasteiger partial charge in [0.25, 0.3) is 0 Å². The molecule has 2 amide bonds. The van der Waals surface area contributed by atoms with Crippen LogP contribution < -0.4 is 10.6 Å². The molecular formula is C16H27N3O5. The number of fused-ring (bicyclic) bond motifs is 1. The standard InChI is InChI=1S/C16H27N3O5/c1-2-23-4-3-17-14(21)8-19-6-12(13(20)7-19)18-15(22)16-5-11(16)9-24-10-16/h11-13,20H,2-10H2,1H3,(H,17,21)(H,18,22)/t11-,12+,13+,16-/m0/s1. The lowest BCUT2D eigenvalue weighted by atomic mass is 10.0. The highest BCUT2D eigenvalue weighted by Gasteiger charge is 2.64. The Morgan fingerprint density at radius 1 is 1.42 bits per heavy atom. The van der Waals surface area contributed by atoms with E-state index in [4.69, 9.17) is 9.47 Å². The van der Waals surface area contributed by atoms with Gasteiger partial charge in [-0.1, -0.05) is 0 Å². The van der Waals surface area contributed by atoms with Crippen LogP contribution in [0.4, 0.5) is 0 Å². The number of rotatable bonds is 8. The number of carbonyl (C=O) groups excluding carboxylic acids is 2. The molecule has 1 aliphatic carbocycles. The Kier molecular flexibility index (Phi) is 5.39. The maximum atomic E-state index is 12.4. The first-order valence-electron chi connectivity index (χ1n) is 8.68. The predicted octanol–water partition coefficient (Wildman–Crippen LogP) is -1.66. The SMILES string of the molecule is CCOCCNC(=O)CN1C[C@@H](O)[C@H](NC(=O)[C@@]23COC[C@@H]2C3)C1. The second-order valence-electron chi connectivity index (χ2n) is 6.96.